The van der Waals surface area contributed by atoms with Crippen molar-refractivity contribution in [3.05, 3.63) is 23.8 Å². The number of rotatable bonds is 2. The third-order valence-electron chi connectivity index (χ3n) is 3.41. The maximum Gasteiger partial charge on any atom is 0.152 e. The van der Waals surface area contributed by atoms with E-state index in [1.54, 1.807) is 6.08 Å². The van der Waals surface area contributed by atoms with Crippen molar-refractivity contribution in [1.82, 2.24) is 0 Å². The highest BCUT2D eigenvalue weighted by molar-refractivity contribution is 5.87. The number of carbonyl (C=O) groups is 1. The Balaban J connectivity index is 3.10. The van der Waals surface area contributed by atoms with Crippen LogP contribution < -0.4 is 0 Å². The van der Waals surface area contributed by atoms with Gasteiger partial charge in [-0.2, -0.15) is 0 Å². The zero-order chi connectivity index (χ0) is 11.7. The smallest absolute Gasteiger partial charge is 0.152 e. The normalized spacial score (nSPS) is 30.3. The number of hydrogen-bond acceptors (Lipinski definition) is 2. The molecule has 1 N–H and O–H groups in total. The average Bonchev–Trinajstić information content (AvgIpc) is 2.11. The molecule has 2 nitrogen and oxygen atoms in total. The summed E-state index contributed by atoms with van der Waals surface area (Å²) in [5.41, 5.74) is -0.245. The molecule has 0 spiro atoms. The second-order valence-corrected chi connectivity index (χ2v) is 5.02. The number of carbonyl (C=O) groups excluding carboxylic acids is 1. The van der Waals surface area contributed by atoms with Gasteiger partial charge < -0.3 is 5.11 Å². The van der Waals surface area contributed by atoms with Gasteiger partial charge in [-0.15, -0.1) is 0 Å². The van der Waals surface area contributed by atoms with Gasteiger partial charge in [0.15, 0.2) is 5.78 Å². The Kier molecular flexibility index (Phi) is 3.19. The zero-order valence-corrected chi connectivity index (χ0v) is 10.0. The third-order valence-corrected chi connectivity index (χ3v) is 3.41. The van der Waals surface area contributed by atoms with Gasteiger partial charge in [0.2, 0.25) is 0 Å². The lowest BCUT2D eigenvalue weighted by Gasteiger charge is -2.44. The molecule has 0 amide bonds. The van der Waals surface area contributed by atoms with Gasteiger partial charge in [0, 0.05) is 5.41 Å². The topological polar surface area (TPSA) is 37.3 Å². The van der Waals surface area contributed by atoms with Crippen molar-refractivity contribution in [1.29, 1.82) is 0 Å². The van der Waals surface area contributed by atoms with Crippen LogP contribution in [0.25, 0.3) is 0 Å². The Morgan fingerprint density at radius 1 is 1.53 bits per heavy atom. The molecule has 0 bridgehead atoms. The lowest BCUT2D eigenvalue weighted by Crippen LogP contribution is -2.46. The molecule has 0 saturated heterocycles. The Hall–Kier alpha value is -0.890. The summed E-state index contributed by atoms with van der Waals surface area (Å²) in [4.78, 5) is 10.9. The molecular formula is C13H20O2. The number of ketones is 1. The van der Waals surface area contributed by atoms with E-state index in [0.717, 1.165) is 18.4 Å². The summed E-state index contributed by atoms with van der Waals surface area (Å²) in [6, 6.07) is 0. The maximum atomic E-state index is 10.9. The minimum atomic E-state index is -0.975. The van der Waals surface area contributed by atoms with Gasteiger partial charge in [-0.1, -0.05) is 19.9 Å². The summed E-state index contributed by atoms with van der Waals surface area (Å²) in [6.45, 7) is 7.49. The molecule has 15 heavy (non-hydrogen) atoms. The second-order valence-electron chi connectivity index (χ2n) is 5.02. The number of hydrogen-bond donors (Lipinski definition) is 1. The summed E-state index contributed by atoms with van der Waals surface area (Å²) >= 11 is 0. The molecule has 0 heterocycles. The number of aliphatic hydroxyl groups is 1. The van der Waals surface area contributed by atoms with Crippen molar-refractivity contribution in [3.63, 3.8) is 0 Å². The van der Waals surface area contributed by atoms with E-state index in [-0.39, 0.29) is 11.2 Å². The molecule has 1 rings (SSSR count). The molecule has 1 aliphatic carbocycles. The summed E-state index contributed by atoms with van der Waals surface area (Å²) in [5.74, 6) is -0.0300. The fraction of sp³-hybridized carbons (Fsp3) is 0.615. The maximum absolute atomic E-state index is 10.9. The molecule has 1 atom stereocenters. The van der Waals surface area contributed by atoms with Crippen LogP contribution in [-0.2, 0) is 4.79 Å². The molecule has 0 aromatic heterocycles. The van der Waals surface area contributed by atoms with E-state index in [1.165, 1.54) is 13.0 Å². The Bertz CT molecular complexity index is 323. The van der Waals surface area contributed by atoms with Crippen LogP contribution in [0, 0.1) is 5.41 Å². The second kappa shape index (κ2) is 3.93. The molecule has 0 aromatic carbocycles. The van der Waals surface area contributed by atoms with E-state index in [0.29, 0.717) is 0 Å². The van der Waals surface area contributed by atoms with Crippen molar-refractivity contribution < 1.29 is 9.90 Å². The van der Waals surface area contributed by atoms with Crippen LogP contribution in [0.3, 0.4) is 0 Å². The molecule has 0 aromatic rings. The standard InChI is InChI=1S/C13H20O2/c1-10-6-5-8-12(3,4)13(10,15)9-7-11(2)14/h6-7,9,15H,5,8H2,1-4H3/b9-7+/t13-/m1/s1. The van der Waals surface area contributed by atoms with Crippen molar-refractivity contribution >= 4 is 5.78 Å². The first-order valence-electron chi connectivity index (χ1n) is 5.39. The first-order valence-corrected chi connectivity index (χ1v) is 5.39. The average molecular weight is 208 g/mol. The van der Waals surface area contributed by atoms with Crippen molar-refractivity contribution in [2.24, 2.45) is 5.41 Å². The van der Waals surface area contributed by atoms with E-state index < -0.39 is 5.60 Å². The van der Waals surface area contributed by atoms with Crippen LogP contribution in [0.2, 0.25) is 0 Å². The van der Waals surface area contributed by atoms with Crippen LogP contribution in [0.4, 0.5) is 0 Å². The van der Waals surface area contributed by atoms with E-state index in [4.69, 9.17) is 0 Å². The monoisotopic (exact) mass is 208 g/mol. The molecule has 0 aliphatic heterocycles. The van der Waals surface area contributed by atoms with Crippen LogP contribution in [-0.4, -0.2) is 16.5 Å². The van der Waals surface area contributed by atoms with Gasteiger partial charge in [-0.3, -0.25) is 4.79 Å². The molecule has 0 saturated carbocycles. The predicted molar refractivity (Wildman–Crippen MR) is 61.5 cm³/mol. The van der Waals surface area contributed by atoms with E-state index in [1.807, 2.05) is 20.8 Å². The lowest BCUT2D eigenvalue weighted by molar-refractivity contribution is -0.112. The van der Waals surface area contributed by atoms with Gasteiger partial charge in [0.05, 0.1) is 0 Å². The fourth-order valence-corrected chi connectivity index (χ4v) is 2.12. The van der Waals surface area contributed by atoms with Crippen LogP contribution in [0.15, 0.2) is 23.8 Å². The van der Waals surface area contributed by atoms with Crippen molar-refractivity contribution in [2.45, 2.75) is 46.1 Å². The minimum absolute atomic E-state index is 0.0300. The molecule has 2 heteroatoms. The van der Waals surface area contributed by atoms with Crippen molar-refractivity contribution in [3.8, 4) is 0 Å². The highest BCUT2D eigenvalue weighted by atomic mass is 16.3. The quantitative estimate of drug-likeness (QED) is 0.559. The highest BCUT2D eigenvalue weighted by Crippen LogP contribution is 2.44. The van der Waals surface area contributed by atoms with E-state index in [2.05, 4.69) is 6.08 Å². The van der Waals surface area contributed by atoms with Crippen molar-refractivity contribution in [2.75, 3.05) is 0 Å². The van der Waals surface area contributed by atoms with Crippen LogP contribution in [0.5, 0.6) is 0 Å². The first kappa shape index (κ1) is 12.2. The van der Waals surface area contributed by atoms with Crippen LogP contribution in [0.1, 0.15) is 40.5 Å². The van der Waals surface area contributed by atoms with Gasteiger partial charge in [0.1, 0.15) is 5.60 Å². The van der Waals surface area contributed by atoms with Gasteiger partial charge >= 0.3 is 0 Å². The predicted octanol–water partition coefficient (Wildman–Crippen LogP) is 2.63. The first-order chi connectivity index (χ1) is 6.79. The highest BCUT2D eigenvalue weighted by Gasteiger charge is 2.44. The fourth-order valence-electron chi connectivity index (χ4n) is 2.12. The third kappa shape index (κ3) is 2.20. The minimum Gasteiger partial charge on any atom is -0.381 e. The van der Waals surface area contributed by atoms with E-state index in [9.17, 15) is 9.90 Å². The van der Waals surface area contributed by atoms with Gasteiger partial charge in [-0.05, 0) is 44.4 Å². The van der Waals surface area contributed by atoms with Crippen LogP contribution >= 0.6 is 0 Å². The Morgan fingerprint density at radius 2 is 2.13 bits per heavy atom. The molecule has 84 valence electrons. The summed E-state index contributed by atoms with van der Waals surface area (Å²) in [6.07, 6.45) is 7.08. The molecular weight excluding hydrogens is 188 g/mol. The lowest BCUT2D eigenvalue weighted by atomic mass is 9.65. The summed E-state index contributed by atoms with van der Waals surface area (Å²) < 4.78 is 0. The molecule has 0 fully saturated rings. The van der Waals surface area contributed by atoms with Gasteiger partial charge in [0.25, 0.3) is 0 Å². The Labute approximate surface area is 91.7 Å². The summed E-state index contributed by atoms with van der Waals surface area (Å²) in [5, 5.41) is 10.6. The molecule has 1 aliphatic rings. The van der Waals surface area contributed by atoms with Gasteiger partial charge in [-0.25, -0.2) is 0 Å². The number of allylic oxidation sites excluding steroid dienone is 2. The Morgan fingerprint density at radius 3 is 2.60 bits per heavy atom. The SMILES string of the molecule is CC(=O)/C=C/[C@@]1(O)C(C)=CCCC1(C)C. The summed E-state index contributed by atoms with van der Waals surface area (Å²) in [7, 11) is 0. The van der Waals surface area contributed by atoms with E-state index >= 15 is 0 Å². The molecule has 0 radical (unpaired) electrons. The zero-order valence-electron chi connectivity index (χ0n) is 10.0. The molecule has 0 unspecified atom stereocenters. The largest absolute Gasteiger partial charge is 0.381 e.